The summed E-state index contributed by atoms with van der Waals surface area (Å²) in [5, 5.41) is 12.4. The second-order valence-electron chi connectivity index (χ2n) is 5.74. The number of rotatable bonds is 3. The lowest BCUT2D eigenvalue weighted by atomic mass is 10.0. The van der Waals surface area contributed by atoms with Gasteiger partial charge in [0, 0.05) is 12.6 Å². The molecule has 1 heterocycles. The van der Waals surface area contributed by atoms with Crippen molar-refractivity contribution in [3.05, 3.63) is 59.2 Å². The summed E-state index contributed by atoms with van der Waals surface area (Å²) in [5.41, 5.74) is 0.965. The molecule has 2 N–H and O–H groups in total. The fourth-order valence-electron chi connectivity index (χ4n) is 2.90. The van der Waals surface area contributed by atoms with Crippen LogP contribution in [0.3, 0.4) is 0 Å². The highest BCUT2D eigenvalue weighted by molar-refractivity contribution is 6.01. The van der Waals surface area contributed by atoms with Crippen molar-refractivity contribution >= 4 is 17.5 Å². The second kappa shape index (κ2) is 6.88. The lowest BCUT2D eigenvalue weighted by Crippen LogP contribution is -2.42. The molecule has 0 saturated heterocycles. The number of aryl methyl sites for hydroxylation is 1. The maximum Gasteiger partial charge on any atom is 0.254 e. The van der Waals surface area contributed by atoms with Gasteiger partial charge in [-0.2, -0.15) is 0 Å². The SMILES string of the molecule is O=C(NCC(=O)N1CCCc2cccc(O)c21)c1ccc(F)cc1F. The molecular weight excluding hydrogens is 330 g/mol. The summed E-state index contributed by atoms with van der Waals surface area (Å²) in [6, 6.07) is 7.64. The van der Waals surface area contributed by atoms with Crippen molar-refractivity contribution in [2.75, 3.05) is 18.0 Å². The number of phenols is 1. The van der Waals surface area contributed by atoms with Gasteiger partial charge in [0.2, 0.25) is 5.91 Å². The van der Waals surface area contributed by atoms with Crippen molar-refractivity contribution in [3.8, 4) is 5.75 Å². The van der Waals surface area contributed by atoms with Crippen molar-refractivity contribution in [2.24, 2.45) is 0 Å². The minimum Gasteiger partial charge on any atom is -0.506 e. The molecule has 0 radical (unpaired) electrons. The number of nitrogens with one attached hydrogen (secondary N) is 1. The lowest BCUT2D eigenvalue weighted by Gasteiger charge is -2.30. The molecule has 3 rings (SSSR count). The van der Waals surface area contributed by atoms with Gasteiger partial charge in [0.15, 0.2) is 0 Å². The summed E-state index contributed by atoms with van der Waals surface area (Å²) in [6.07, 6.45) is 1.49. The summed E-state index contributed by atoms with van der Waals surface area (Å²) >= 11 is 0. The molecule has 0 fully saturated rings. The first-order valence-corrected chi connectivity index (χ1v) is 7.82. The molecule has 0 saturated carbocycles. The maximum absolute atomic E-state index is 13.6. The third-order valence-electron chi connectivity index (χ3n) is 4.07. The van der Waals surface area contributed by atoms with E-state index >= 15 is 0 Å². The summed E-state index contributed by atoms with van der Waals surface area (Å²) in [4.78, 5) is 25.8. The van der Waals surface area contributed by atoms with E-state index in [2.05, 4.69) is 5.32 Å². The van der Waals surface area contributed by atoms with Crippen LogP contribution >= 0.6 is 0 Å². The topological polar surface area (TPSA) is 69.6 Å². The molecule has 0 atom stereocenters. The highest BCUT2D eigenvalue weighted by Gasteiger charge is 2.25. The Bertz CT molecular complexity index is 839. The Labute approximate surface area is 142 Å². The quantitative estimate of drug-likeness (QED) is 0.897. The van der Waals surface area contributed by atoms with Crippen LogP contribution in [0.5, 0.6) is 5.75 Å². The van der Waals surface area contributed by atoms with E-state index in [0.29, 0.717) is 18.3 Å². The normalized spacial score (nSPS) is 13.3. The van der Waals surface area contributed by atoms with E-state index in [-0.39, 0.29) is 17.9 Å². The zero-order chi connectivity index (χ0) is 18.0. The van der Waals surface area contributed by atoms with E-state index in [4.69, 9.17) is 0 Å². The van der Waals surface area contributed by atoms with E-state index in [1.807, 2.05) is 6.07 Å². The molecular formula is C18H16F2N2O3. The number of fused-ring (bicyclic) bond motifs is 1. The fraction of sp³-hybridized carbons (Fsp3) is 0.222. The minimum absolute atomic E-state index is 0.00135. The molecule has 1 aliphatic rings. The average Bonchev–Trinajstić information content (AvgIpc) is 2.59. The van der Waals surface area contributed by atoms with Gasteiger partial charge in [0.05, 0.1) is 17.8 Å². The highest BCUT2D eigenvalue weighted by Crippen LogP contribution is 2.35. The first-order valence-electron chi connectivity index (χ1n) is 7.82. The molecule has 2 amide bonds. The summed E-state index contributed by atoms with van der Waals surface area (Å²) in [5.74, 6) is -3.00. The van der Waals surface area contributed by atoms with E-state index in [9.17, 15) is 23.5 Å². The van der Waals surface area contributed by atoms with Crippen molar-refractivity contribution < 1.29 is 23.5 Å². The number of para-hydroxylation sites is 1. The van der Waals surface area contributed by atoms with Gasteiger partial charge in [-0.25, -0.2) is 8.78 Å². The third kappa shape index (κ3) is 3.45. The largest absolute Gasteiger partial charge is 0.506 e. The number of hydrogen-bond acceptors (Lipinski definition) is 3. The number of amides is 2. The van der Waals surface area contributed by atoms with Gasteiger partial charge in [-0.05, 0) is 36.6 Å². The average molecular weight is 346 g/mol. The van der Waals surface area contributed by atoms with Crippen LogP contribution in [0.15, 0.2) is 36.4 Å². The van der Waals surface area contributed by atoms with Crippen LogP contribution < -0.4 is 10.2 Å². The predicted molar refractivity (Wildman–Crippen MR) is 87.5 cm³/mol. The van der Waals surface area contributed by atoms with Crippen molar-refractivity contribution in [1.29, 1.82) is 0 Å². The zero-order valence-electron chi connectivity index (χ0n) is 13.3. The molecule has 5 nitrogen and oxygen atoms in total. The Morgan fingerprint density at radius 3 is 2.76 bits per heavy atom. The van der Waals surface area contributed by atoms with E-state index < -0.39 is 23.4 Å². The molecule has 0 unspecified atom stereocenters. The predicted octanol–water partition coefficient (Wildman–Crippen LogP) is 2.38. The third-order valence-corrected chi connectivity index (χ3v) is 4.07. The number of benzene rings is 2. The number of anilines is 1. The molecule has 2 aromatic carbocycles. The molecule has 2 aromatic rings. The van der Waals surface area contributed by atoms with Gasteiger partial charge >= 0.3 is 0 Å². The van der Waals surface area contributed by atoms with Crippen LogP contribution in [0.4, 0.5) is 14.5 Å². The van der Waals surface area contributed by atoms with Crippen molar-refractivity contribution in [1.82, 2.24) is 5.32 Å². The number of hydrogen-bond donors (Lipinski definition) is 2. The van der Waals surface area contributed by atoms with Gasteiger partial charge in [-0.1, -0.05) is 12.1 Å². The summed E-state index contributed by atoms with van der Waals surface area (Å²) < 4.78 is 26.5. The van der Waals surface area contributed by atoms with Crippen LogP contribution in [-0.2, 0) is 11.2 Å². The monoisotopic (exact) mass is 346 g/mol. The number of carbonyl (C=O) groups is 2. The lowest BCUT2D eigenvalue weighted by molar-refractivity contribution is -0.117. The van der Waals surface area contributed by atoms with Crippen LogP contribution in [0.1, 0.15) is 22.3 Å². The minimum atomic E-state index is -0.995. The summed E-state index contributed by atoms with van der Waals surface area (Å²) in [7, 11) is 0. The standard InChI is InChI=1S/C18H16F2N2O3/c19-12-6-7-13(14(20)9-12)18(25)21-10-16(24)22-8-2-4-11-3-1-5-15(23)17(11)22/h1,3,5-7,9,23H,2,4,8,10H2,(H,21,25). The molecule has 25 heavy (non-hydrogen) atoms. The number of phenolic OH excluding ortho intramolecular Hbond substituents is 1. The fourth-order valence-corrected chi connectivity index (χ4v) is 2.90. The zero-order valence-corrected chi connectivity index (χ0v) is 13.3. The van der Waals surface area contributed by atoms with E-state index in [0.717, 1.165) is 30.5 Å². The molecule has 0 aliphatic carbocycles. The molecule has 0 aromatic heterocycles. The first kappa shape index (κ1) is 16.9. The smallest absolute Gasteiger partial charge is 0.254 e. The van der Waals surface area contributed by atoms with Gasteiger partial charge in [-0.15, -0.1) is 0 Å². The van der Waals surface area contributed by atoms with Crippen molar-refractivity contribution in [2.45, 2.75) is 12.8 Å². The van der Waals surface area contributed by atoms with Gasteiger partial charge < -0.3 is 15.3 Å². The second-order valence-corrected chi connectivity index (χ2v) is 5.74. The van der Waals surface area contributed by atoms with E-state index in [1.165, 1.54) is 11.0 Å². The maximum atomic E-state index is 13.6. The molecule has 0 spiro atoms. The molecule has 1 aliphatic heterocycles. The number of halogens is 2. The van der Waals surface area contributed by atoms with Crippen LogP contribution in [0, 0.1) is 11.6 Å². The van der Waals surface area contributed by atoms with Gasteiger partial charge in [-0.3, -0.25) is 9.59 Å². The number of nitrogens with zero attached hydrogens (tertiary/aromatic N) is 1. The van der Waals surface area contributed by atoms with Crippen molar-refractivity contribution in [3.63, 3.8) is 0 Å². The van der Waals surface area contributed by atoms with Crippen LogP contribution in [0.25, 0.3) is 0 Å². The Hall–Kier alpha value is -2.96. The molecule has 7 heteroatoms. The van der Waals surface area contributed by atoms with Gasteiger partial charge in [0.1, 0.15) is 17.4 Å². The Balaban J connectivity index is 1.71. The summed E-state index contributed by atoms with van der Waals surface area (Å²) in [6.45, 7) is 0.0631. The van der Waals surface area contributed by atoms with Gasteiger partial charge in [0.25, 0.3) is 5.91 Å². The Kier molecular flexibility index (Phi) is 4.65. The number of aromatic hydroxyl groups is 1. The van der Waals surface area contributed by atoms with E-state index in [1.54, 1.807) is 6.07 Å². The van der Waals surface area contributed by atoms with Crippen LogP contribution in [-0.4, -0.2) is 30.0 Å². The Morgan fingerprint density at radius 2 is 2.00 bits per heavy atom. The first-order chi connectivity index (χ1) is 12.0. The van der Waals surface area contributed by atoms with Crippen LogP contribution in [0.2, 0.25) is 0 Å². The highest BCUT2D eigenvalue weighted by atomic mass is 19.1. The number of carbonyl (C=O) groups excluding carboxylic acids is 2. The Morgan fingerprint density at radius 1 is 1.20 bits per heavy atom. The molecule has 0 bridgehead atoms. The molecule has 130 valence electrons.